The lowest BCUT2D eigenvalue weighted by atomic mass is 10.1. The number of hydrogen-bond acceptors (Lipinski definition) is 8. The summed E-state index contributed by atoms with van der Waals surface area (Å²) in [5.74, 6) is 0.0574. The average molecular weight is 361 g/mol. The Morgan fingerprint density at radius 3 is 2.19 bits per heavy atom. The molecule has 0 unspecified atom stereocenters. The van der Waals surface area contributed by atoms with E-state index in [1.54, 1.807) is 25.7 Å². The summed E-state index contributed by atoms with van der Waals surface area (Å²) in [7, 11) is 0. The zero-order valence-corrected chi connectivity index (χ0v) is 15.4. The molecule has 8 heteroatoms. The third-order valence-corrected chi connectivity index (χ3v) is 3.59. The Morgan fingerprint density at radius 2 is 1.69 bits per heavy atom. The Bertz CT molecular complexity index is 752. The van der Waals surface area contributed by atoms with Crippen LogP contribution in [-0.4, -0.2) is 48.4 Å². The van der Waals surface area contributed by atoms with Gasteiger partial charge in [-0.2, -0.15) is 4.98 Å². The molecule has 1 heterocycles. The molecular weight excluding hydrogens is 338 g/mol. The second-order valence-electron chi connectivity index (χ2n) is 5.60. The van der Waals surface area contributed by atoms with Crippen LogP contribution in [0.25, 0.3) is 11.4 Å². The van der Waals surface area contributed by atoms with Crippen molar-refractivity contribution in [2.24, 2.45) is 0 Å². The molecule has 0 atom stereocenters. The highest BCUT2D eigenvalue weighted by Crippen LogP contribution is 2.26. The number of esters is 2. The van der Waals surface area contributed by atoms with Crippen molar-refractivity contribution in [3.05, 3.63) is 29.7 Å². The molecule has 8 nitrogen and oxygen atoms in total. The van der Waals surface area contributed by atoms with Gasteiger partial charge in [0.2, 0.25) is 11.7 Å². The number of ether oxygens (including phenoxy) is 2. The smallest absolute Gasteiger partial charge is 0.325 e. The van der Waals surface area contributed by atoms with Gasteiger partial charge in [-0.15, -0.1) is 0 Å². The van der Waals surface area contributed by atoms with Gasteiger partial charge in [0.15, 0.2) is 0 Å². The summed E-state index contributed by atoms with van der Waals surface area (Å²) in [4.78, 5) is 29.8. The summed E-state index contributed by atoms with van der Waals surface area (Å²) in [5.41, 5.74) is 2.31. The summed E-state index contributed by atoms with van der Waals surface area (Å²) >= 11 is 0. The van der Waals surface area contributed by atoms with Gasteiger partial charge in [-0.25, -0.2) is 0 Å². The molecule has 0 aliphatic heterocycles. The highest BCUT2D eigenvalue weighted by molar-refractivity contribution is 5.82. The number of hydrogen-bond donors (Lipinski definition) is 0. The van der Waals surface area contributed by atoms with Gasteiger partial charge in [0.05, 0.1) is 13.2 Å². The lowest BCUT2D eigenvalue weighted by molar-refractivity contribution is -0.142. The lowest BCUT2D eigenvalue weighted by Crippen LogP contribution is -2.36. The Morgan fingerprint density at radius 1 is 1.08 bits per heavy atom. The van der Waals surface area contributed by atoms with Crippen molar-refractivity contribution in [3.63, 3.8) is 0 Å². The van der Waals surface area contributed by atoms with Crippen LogP contribution >= 0.6 is 0 Å². The first kappa shape index (κ1) is 19.4. The van der Waals surface area contributed by atoms with E-state index in [0.29, 0.717) is 17.4 Å². The monoisotopic (exact) mass is 361 g/mol. The second kappa shape index (κ2) is 8.98. The second-order valence-corrected chi connectivity index (χ2v) is 5.60. The Balaban J connectivity index is 2.35. The third-order valence-electron chi connectivity index (χ3n) is 3.59. The molecule has 0 radical (unpaired) electrons. The fourth-order valence-corrected chi connectivity index (χ4v) is 2.46. The molecule has 1 aromatic heterocycles. The first-order chi connectivity index (χ1) is 12.4. The molecule has 0 N–H and O–H groups in total. The fourth-order valence-electron chi connectivity index (χ4n) is 2.46. The summed E-state index contributed by atoms with van der Waals surface area (Å²) in [6, 6.07) is 5.55. The summed E-state index contributed by atoms with van der Waals surface area (Å²) in [6.07, 6.45) is 0. The Labute approximate surface area is 152 Å². The van der Waals surface area contributed by atoms with E-state index in [9.17, 15) is 9.59 Å². The molecule has 0 bridgehead atoms. The molecule has 1 aromatic carbocycles. The highest BCUT2D eigenvalue weighted by Gasteiger charge is 2.20. The normalized spacial score (nSPS) is 10.5. The van der Waals surface area contributed by atoms with Crippen molar-refractivity contribution in [2.45, 2.75) is 27.7 Å². The molecule has 0 aliphatic carbocycles. The van der Waals surface area contributed by atoms with Crippen LogP contribution in [0.5, 0.6) is 0 Å². The zero-order chi connectivity index (χ0) is 19.1. The maximum atomic E-state index is 12.0. The van der Waals surface area contributed by atoms with Crippen molar-refractivity contribution in [2.75, 3.05) is 31.2 Å². The maximum Gasteiger partial charge on any atom is 0.325 e. The number of benzene rings is 1. The van der Waals surface area contributed by atoms with Gasteiger partial charge in [-0.05, 0) is 32.4 Å². The number of aryl methyl sites for hydroxylation is 2. The Hall–Kier alpha value is -2.90. The topological polar surface area (TPSA) is 94.8 Å². The van der Waals surface area contributed by atoms with Crippen molar-refractivity contribution >= 4 is 17.6 Å². The number of carbonyl (C=O) groups excluding carboxylic acids is 2. The van der Waals surface area contributed by atoms with E-state index in [2.05, 4.69) is 10.1 Å². The minimum absolute atomic E-state index is 0.0672. The fraction of sp³-hybridized carbons (Fsp3) is 0.444. The first-order valence-corrected chi connectivity index (χ1v) is 8.42. The van der Waals surface area contributed by atoms with Crippen LogP contribution in [0.15, 0.2) is 22.7 Å². The number of nitrogens with zero attached hydrogens (tertiary/aromatic N) is 3. The molecule has 2 rings (SSSR count). The highest BCUT2D eigenvalue weighted by atomic mass is 16.5. The van der Waals surface area contributed by atoms with E-state index in [0.717, 1.165) is 11.1 Å². The Kier molecular flexibility index (Phi) is 6.71. The van der Waals surface area contributed by atoms with Crippen LogP contribution in [0.4, 0.5) is 5.69 Å². The summed E-state index contributed by atoms with van der Waals surface area (Å²) in [6.45, 7) is 7.48. The molecule has 2 aromatic rings. The SMILES string of the molecule is CCOC(=O)CN(CC(=O)OCC)c1cc(-c2noc(C)n2)ccc1C. The van der Waals surface area contributed by atoms with Crippen LogP contribution in [0.1, 0.15) is 25.3 Å². The molecule has 0 saturated heterocycles. The molecule has 140 valence electrons. The molecule has 0 fully saturated rings. The van der Waals surface area contributed by atoms with E-state index < -0.39 is 11.9 Å². The van der Waals surface area contributed by atoms with Crippen molar-refractivity contribution < 1.29 is 23.6 Å². The van der Waals surface area contributed by atoms with Crippen LogP contribution in [-0.2, 0) is 19.1 Å². The van der Waals surface area contributed by atoms with Gasteiger partial charge in [0.25, 0.3) is 0 Å². The van der Waals surface area contributed by atoms with Gasteiger partial charge in [0.1, 0.15) is 13.1 Å². The van der Waals surface area contributed by atoms with E-state index >= 15 is 0 Å². The van der Waals surface area contributed by atoms with Gasteiger partial charge in [-0.1, -0.05) is 17.3 Å². The number of carbonyl (C=O) groups is 2. The van der Waals surface area contributed by atoms with Crippen LogP contribution in [0.2, 0.25) is 0 Å². The van der Waals surface area contributed by atoms with Crippen molar-refractivity contribution in [3.8, 4) is 11.4 Å². The predicted octanol–water partition coefficient (Wildman–Crippen LogP) is 2.29. The largest absolute Gasteiger partial charge is 0.465 e. The van der Waals surface area contributed by atoms with E-state index in [1.165, 1.54) is 0 Å². The molecule has 26 heavy (non-hydrogen) atoms. The standard InChI is InChI=1S/C18H23N3O5/c1-5-24-16(22)10-21(11-17(23)25-6-2)15-9-14(8-7-12(15)3)18-19-13(4)26-20-18/h7-9H,5-6,10-11H2,1-4H3. The average Bonchev–Trinajstić information content (AvgIpc) is 3.01. The van der Waals surface area contributed by atoms with E-state index in [4.69, 9.17) is 14.0 Å². The van der Waals surface area contributed by atoms with E-state index in [1.807, 2.05) is 25.1 Å². The van der Waals surface area contributed by atoms with E-state index in [-0.39, 0.29) is 26.3 Å². The number of rotatable bonds is 8. The van der Waals surface area contributed by atoms with Crippen LogP contribution in [0, 0.1) is 13.8 Å². The zero-order valence-electron chi connectivity index (χ0n) is 15.4. The first-order valence-electron chi connectivity index (χ1n) is 8.42. The molecule has 0 amide bonds. The molecular formula is C18H23N3O5. The predicted molar refractivity (Wildman–Crippen MR) is 94.7 cm³/mol. The minimum Gasteiger partial charge on any atom is -0.465 e. The summed E-state index contributed by atoms with van der Waals surface area (Å²) in [5, 5.41) is 3.91. The van der Waals surface area contributed by atoms with Gasteiger partial charge < -0.3 is 18.9 Å². The lowest BCUT2D eigenvalue weighted by Gasteiger charge is -2.25. The van der Waals surface area contributed by atoms with Gasteiger partial charge in [-0.3, -0.25) is 9.59 Å². The third kappa shape index (κ3) is 5.05. The molecule has 0 aliphatic rings. The van der Waals surface area contributed by atoms with Crippen molar-refractivity contribution in [1.82, 2.24) is 10.1 Å². The number of aromatic nitrogens is 2. The molecule has 0 saturated carbocycles. The quantitative estimate of drug-likeness (QED) is 0.661. The minimum atomic E-state index is -0.419. The molecule has 0 spiro atoms. The van der Waals surface area contributed by atoms with Crippen molar-refractivity contribution in [1.29, 1.82) is 0 Å². The maximum absolute atomic E-state index is 12.0. The van der Waals surface area contributed by atoms with Gasteiger partial charge >= 0.3 is 11.9 Å². The summed E-state index contributed by atoms with van der Waals surface area (Å²) < 4.78 is 15.1. The van der Waals surface area contributed by atoms with Crippen LogP contribution < -0.4 is 4.90 Å². The number of anilines is 1. The van der Waals surface area contributed by atoms with Gasteiger partial charge in [0, 0.05) is 18.2 Å². The van der Waals surface area contributed by atoms with Crippen LogP contribution in [0.3, 0.4) is 0 Å².